The van der Waals surface area contributed by atoms with Crippen LogP contribution in [0.15, 0.2) is 18.2 Å². The first-order valence-corrected chi connectivity index (χ1v) is 9.23. The van der Waals surface area contributed by atoms with Crippen LogP contribution in [0.25, 0.3) is 0 Å². The number of piperidine rings is 2. The Kier molecular flexibility index (Phi) is 5.79. The molecule has 0 aromatic heterocycles. The Morgan fingerprint density at radius 1 is 1.35 bits per heavy atom. The molecular weight excluding hydrogens is 337 g/mol. The number of aliphatic hydroxyl groups is 1. The van der Waals surface area contributed by atoms with Crippen LogP contribution >= 0.6 is 0 Å². The third-order valence-electron chi connectivity index (χ3n) is 5.44. The molecule has 3 N–H and O–H groups in total. The lowest BCUT2D eigenvalue weighted by Crippen LogP contribution is -2.59. The van der Waals surface area contributed by atoms with Crippen molar-refractivity contribution in [3.05, 3.63) is 29.6 Å². The van der Waals surface area contributed by atoms with Gasteiger partial charge in [0.15, 0.2) is 5.60 Å². The molecule has 144 valence electrons. The molecule has 26 heavy (non-hydrogen) atoms. The Labute approximate surface area is 153 Å². The number of carbonyl (C=O) groups is 1. The van der Waals surface area contributed by atoms with Crippen LogP contribution < -0.4 is 10.5 Å². The van der Waals surface area contributed by atoms with Gasteiger partial charge in [0.05, 0.1) is 7.11 Å². The van der Waals surface area contributed by atoms with Crippen LogP contribution in [0.1, 0.15) is 31.2 Å². The molecule has 3 rings (SSSR count). The number of hydrogen-bond acceptors (Lipinski definition) is 5. The largest absolute Gasteiger partial charge is 0.497 e. The second kappa shape index (κ2) is 7.90. The molecule has 2 fully saturated rings. The highest BCUT2D eigenvalue weighted by atomic mass is 19.1. The molecule has 7 heteroatoms. The standard InChI is InChI=1S/C19H28FN3O3/c1-26-16-3-4-17(20)14(11-16)12-23-8-2-7-19(25,18(23)24)13-22-9-5-15(21)6-10-22/h3-4,11,15,25H,2,5-10,12-13,21H2,1H3. The number of carbonyl (C=O) groups excluding carboxylic acids is 1. The summed E-state index contributed by atoms with van der Waals surface area (Å²) in [7, 11) is 1.52. The van der Waals surface area contributed by atoms with E-state index in [-0.39, 0.29) is 24.3 Å². The van der Waals surface area contributed by atoms with Gasteiger partial charge in [0.1, 0.15) is 11.6 Å². The van der Waals surface area contributed by atoms with Crippen LogP contribution in [0.3, 0.4) is 0 Å². The fourth-order valence-electron chi connectivity index (χ4n) is 3.85. The summed E-state index contributed by atoms with van der Waals surface area (Å²) in [6, 6.07) is 4.69. The maximum atomic E-state index is 14.1. The molecular formula is C19H28FN3O3. The SMILES string of the molecule is COc1ccc(F)c(CN2CCCC(O)(CN3CCC(N)CC3)C2=O)c1. The summed E-state index contributed by atoms with van der Waals surface area (Å²) >= 11 is 0. The molecule has 0 aliphatic carbocycles. The topological polar surface area (TPSA) is 79.0 Å². The Balaban J connectivity index is 1.69. The molecule has 0 spiro atoms. The second-order valence-electron chi connectivity index (χ2n) is 7.43. The number of likely N-dealkylation sites (tertiary alicyclic amines) is 2. The van der Waals surface area contributed by atoms with Gasteiger partial charge in [-0.25, -0.2) is 4.39 Å². The van der Waals surface area contributed by atoms with Crippen molar-refractivity contribution < 1.29 is 19.0 Å². The number of halogens is 1. The molecule has 1 aromatic rings. The summed E-state index contributed by atoms with van der Waals surface area (Å²) in [6.07, 6.45) is 2.89. The number of methoxy groups -OCH3 is 1. The van der Waals surface area contributed by atoms with E-state index in [1.807, 2.05) is 0 Å². The van der Waals surface area contributed by atoms with Crippen LogP contribution in [0, 0.1) is 5.82 Å². The Hall–Kier alpha value is -1.70. The van der Waals surface area contributed by atoms with Crippen molar-refractivity contribution in [3.63, 3.8) is 0 Å². The molecule has 1 aromatic carbocycles. The van der Waals surface area contributed by atoms with E-state index in [1.54, 1.807) is 17.0 Å². The lowest BCUT2D eigenvalue weighted by Gasteiger charge is -2.42. The molecule has 1 unspecified atom stereocenters. The predicted octanol–water partition coefficient (Wildman–Crippen LogP) is 1.11. The number of rotatable bonds is 5. The van der Waals surface area contributed by atoms with Gasteiger partial charge >= 0.3 is 0 Å². The van der Waals surface area contributed by atoms with Gasteiger partial charge in [0, 0.05) is 31.2 Å². The second-order valence-corrected chi connectivity index (χ2v) is 7.43. The van der Waals surface area contributed by atoms with Crippen LogP contribution in [0.2, 0.25) is 0 Å². The number of amides is 1. The first-order valence-electron chi connectivity index (χ1n) is 9.23. The quantitative estimate of drug-likeness (QED) is 0.817. The van der Waals surface area contributed by atoms with Crippen molar-refractivity contribution in [2.45, 2.75) is 43.9 Å². The zero-order valence-corrected chi connectivity index (χ0v) is 15.3. The van der Waals surface area contributed by atoms with Crippen LogP contribution in [0.5, 0.6) is 5.75 Å². The van der Waals surface area contributed by atoms with Gasteiger partial charge in [-0.15, -0.1) is 0 Å². The maximum Gasteiger partial charge on any atom is 0.256 e. The number of β-amino-alcohol motifs (C(OH)–C–C–N with tert-alkyl or cyclic N) is 1. The van der Waals surface area contributed by atoms with Gasteiger partial charge in [-0.3, -0.25) is 9.69 Å². The monoisotopic (exact) mass is 365 g/mol. The average Bonchev–Trinajstić information content (AvgIpc) is 2.63. The maximum absolute atomic E-state index is 14.1. The summed E-state index contributed by atoms with van der Waals surface area (Å²) in [4.78, 5) is 16.6. The highest BCUT2D eigenvalue weighted by Crippen LogP contribution is 2.27. The molecule has 1 amide bonds. The predicted molar refractivity (Wildman–Crippen MR) is 96.2 cm³/mol. The average molecular weight is 365 g/mol. The van der Waals surface area contributed by atoms with E-state index < -0.39 is 5.60 Å². The molecule has 2 aliphatic heterocycles. The third-order valence-corrected chi connectivity index (χ3v) is 5.44. The molecule has 2 saturated heterocycles. The normalized spacial score (nSPS) is 25.5. The van der Waals surface area contributed by atoms with E-state index in [9.17, 15) is 14.3 Å². The Morgan fingerprint density at radius 3 is 2.77 bits per heavy atom. The van der Waals surface area contributed by atoms with Crippen molar-refractivity contribution in [2.75, 3.05) is 33.3 Å². The van der Waals surface area contributed by atoms with Crippen LogP contribution in [-0.2, 0) is 11.3 Å². The summed E-state index contributed by atoms with van der Waals surface area (Å²) in [5, 5.41) is 11.0. The van der Waals surface area contributed by atoms with Crippen molar-refractivity contribution in [3.8, 4) is 5.75 Å². The van der Waals surface area contributed by atoms with E-state index in [4.69, 9.17) is 10.5 Å². The number of benzene rings is 1. The van der Waals surface area contributed by atoms with Gasteiger partial charge in [-0.2, -0.15) is 0 Å². The van der Waals surface area contributed by atoms with Gasteiger partial charge in [-0.1, -0.05) is 0 Å². The minimum absolute atomic E-state index is 0.134. The molecule has 0 saturated carbocycles. The highest BCUT2D eigenvalue weighted by Gasteiger charge is 2.43. The van der Waals surface area contributed by atoms with Gasteiger partial charge < -0.3 is 20.5 Å². The van der Waals surface area contributed by atoms with Gasteiger partial charge in [0.2, 0.25) is 0 Å². The Bertz CT molecular complexity index is 649. The molecule has 0 radical (unpaired) electrons. The lowest BCUT2D eigenvalue weighted by atomic mass is 9.90. The van der Waals surface area contributed by atoms with E-state index in [0.717, 1.165) is 25.9 Å². The fourth-order valence-corrected chi connectivity index (χ4v) is 3.85. The molecule has 2 heterocycles. The van der Waals surface area contributed by atoms with E-state index in [0.29, 0.717) is 37.2 Å². The van der Waals surface area contributed by atoms with Crippen molar-refractivity contribution >= 4 is 5.91 Å². The molecule has 6 nitrogen and oxygen atoms in total. The van der Waals surface area contributed by atoms with Crippen molar-refractivity contribution in [2.24, 2.45) is 5.73 Å². The molecule has 0 bridgehead atoms. The van der Waals surface area contributed by atoms with E-state index in [2.05, 4.69) is 4.90 Å². The summed E-state index contributed by atoms with van der Waals surface area (Å²) in [5.41, 5.74) is 4.91. The third kappa shape index (κ3) is 4.16. The van der Waals surface area contributed by atoms with E-state index >= 15 is 0 Å². The number of nitrogens with zero attached hydrogens (tertiary/aromatic N) is 2. The lowest BCUT2D eigenvalue weighted by molar-refractivity contribution is -0.160. The molecule has 1 atom stereocenters. The summed E-state index contributed by atoms with van der Waals surface area (Å²) in [6.45, 7) is 2.55. The number of hydrogen-bond donors (Lipinski definition) is 2. The fraction of sp³-hybridized carbons (Fsp3) is 0.632. The smallest absolute Gasteiger partial charge is 0.256 e. The van der Waals surface area contributed by atoms with E-state index in [1.165, 1.54) is 13.2 Å². The van der Waals surface area contributed by atoms with Crippen molar-refractivity contribution in [1.29, 1.82) is 0 Å². The minimum atomic E-state index is -1.41. The number of ether oxygens (including phenoxy) is 1. The summed E-state index contributed by atoms with van der Waals surface area (Å²) < 4.78 is 19.3. The van der Waals surface area contributed by atoms with Crippen molar-refractivity contribution in [1.82, 2.24) is 9.80 Å². The molecule has 2 aliphatic rings. The summed E-state index contributed by atoms with van der Waals surface area (Å²) in [5.74, 6) is -0.149. The van der Waals surface area contributed by atoms with Crippen LogP contribution in [-0.4, -0.2) is 65.7 Å². The first-order chi connectivity index (χ1) is 12.4. The van der Waals surface area contributed by atoms with Gasteiger partial charge in [-0.05, 0) is 57.0 Å². The zero-order valence-electron chi connectivity index (χ0n) is 15.3. The first kappa shape index (κ1) is 19.1. The van der Waals surface area contributed by atoms with Crippen LogP contribution in [0.4, 0.5) is 4.39 Å². The van der Waals surface area contributed by atoms with Gasteiger partial charge in [0.25, 0.3) is 5.91 Å². The highest BCUT2D eigenvalue weighted by molar-refractivity contribution is 5.86. The number of nitrogens with two attached hydrogens (primary N) is 1. The zero-order chi connectivity index (χ0) is 18.7. The minimum Gasteiger partial charge on any atom is -0.497 e. The Morgan fingerprint density at radius 2 is 2.08 bits per heavy atom.